The van der Waals surface area contributed by atoms with Crippen molar-refractivity contribution in [2.75, 3.05) is 59.4 Å². The second kappa shape index (κ2) is 12.0. The van der Waals surface area contributed by atoms with E-state index in [1.807, 2.05) is 30.3 Å². The highest BCUT2D eigenvalue weighted by Crippen LogP contribution is 2.74. The fourth-order valence-electron chi connectivity index (χ4n) is 7.62. The minimum atomic E-state index is -0.900. The molecule has 4 aromatic rings. The number of hydrogen-bond donors (Lipinski definition) is 1. The molecule has 3 aromatic carbocycles. The van der Waals surface area contributed by atoms with E-state index in [1.54, 1.807) is 14.2 Å². The minimum Gasteiger partial charge on any atom is -0.497 e. The van der Waals surface area contributed by atoms with Crippen LogP contribution in [0.15, 0.2) is 71.1 Å². The van der Waals surface area contributed by atoms with Crippen molar-refractivity contribution in [3.05, 3.63) is 89.3 Å². The van der Waals surface area contributed by atoms with Crippen LogP contribution in [0.1, 0.15) is 41.3 Å². The fourth-order valence-corrected chi connectivity index (χ4v) is 9.12. The van der Waals surface area contributed by atoms with E-state index in [9.17, 15) is 0 Å². The van der Waals surface area contributed by atoms with Crippen LogP contribution in [0.4, 0.5) is 6.01 Å². The lowest BCUT2D eigenvalue weighted by molar-refractivity contribution is 0.0254. The van der Waals surface area contributed by atoms with E-state index in [-0.39, 0.29) is 21.8 Å². The normalized spacial score (nSPS) is 27.4. The number of aromatic nitrogens is 2. The zero-order chi connectivity index (χ0) is 31.2. The van der Waals surface area contributed by atoms with E-state index in [4.69, 9.17) is 33.8 Å². The van der Waals surface area contributed by atoms with E-state index in [2.05, 4.69) is 81.0 Å². The van der Waals surface area contributed by atoms with Crippen LogP contribution in [0.2, 0.25) is 0 Å². The number of nitrogen functional groups attached to an aromatic ring is 1. The monoisotopic (exact) mass is 724 g/mol. The number of ether oxygens (including phenoxy) is 5. The first kappa shape index (κ1) is 30.1. The Balaban J connectivity index is 1.39. The lowest BCUT2D eigenvalue weighted by Gasteiger charge is -2.42. The maximum Gasteiger partial charge on any atom is 0.312 e. The Morgan fingerprint density at radius 2 is 1.73 bits per heavy atom. The van der Waals surface area contributed by atoms with Gasteiger partial charge in [0.1, 0.15) is 29.6 Å². The number of nitrogens with two attached hydrogens (primary N) is 1. The summed E-state index contributed by atoms with van der Waals surface area (Å²) in [6, 6.07) is 22.6. The molecule has 1 aromatic heterocycles. The zero-order valence-electron chi connectivity index (χ0n) is 25.6. The summed E-state index contributed by atoms with van der Waals surface area (Å²) in [6.07, 6.45) is 0. The third-order valence-corrected chi connectivity index (χ3v) is 11.7. The third kappa shape index (κ3) is 4.81. The molecule has 1 saturated carbocycles. The number of halogens is 1. The average Bonchev–Trinajstić information content (AvgIpc) is 3.68. The number of anilines is 1. The van der Waals surface area contributed by atoms with Crippen LogP contribution in [0, 0.1) is 0 Å². The largest absolute Gasteiger partial charge is 0.497 e. The summed E-state index contributed by atoms with van der Waals surface area (Å²) >= 11 is 2.54. The Kier molecular flexibility index (Phi) is 8.03. The van der Waals surface area contributed by atoms with Gasteiger partial charge in [0, 0.05) is 47.2 Å². The Labute approximate surface area is 276 Å². The molecule has 2 aliphatic heterocycles. The Morgan fingerprint density at radius 3 is 2.40 bits per heavy atom. The lowest BCUT2D eigenvalue weighted by atomic mass is 9.65. The molecule has 0 bridgehead atoms. The summed E-state index contributed by atoms with van der Waals surface area (Å²) < 4.78 is 36.8. The van der Waals surface area contributed by atoms with E-state index in [0.717, 1.165) is 61.0 Å². The standard InChI is InChI=1S/C34H37IN4O6/c1-33-29-25(41-3)19-24(43-18-15-39-13-16-42-17-14-39)20-26(29)45-34(33,22-9-11-23(40-2)12-10-22)28(21-7-5-4-6-8-21)27(30(33)35)31-37-38-32(36)44-31/h4-12,19-20,27-28,30H,13-18H2,1-3H3,(H2,36,38)/t27-,28-,30-,33-,34+/m1/s1. The second-order valence-electron chi connectivity index (χ2n) is 11.9. The van der Waals surface area contributed by atoms with Gasteiger partial charge in [-0.2, -0.15) is 0 Å². The summed E-state index contributed by atoms with van der Waals surface area (Å²) in [5.41, 5.74) is 7.55. The lowest BCUT2D eigenvalue weighted by Crippen LogP contribution is -2.48. The predicted molar refractivity (Wildman–Crippen MR) is 177 cm³/mol. The summed E-state index contributed by atoms with van der Waals surface area (Å²) in [5, 5.41) is 8.49. The molecule has 3 heterocycles. The predicted octanol–water partition coefficient (Wildman–Crippen LogP) is 5.31. The molecule has 45 heavy (non-hydrogen) atoms. The van der Waals surface area contributed by atoms with E-state index in [1.165, 1.54) is 0 Å². The van der Waals surface area contributed by atoms with Gasteiger partial charge >= 0.3 is 6.01 Å². The summed E-state index contributed by atoms with van der Waals surface area (Å²) in [6.45, 7) is 6.95. The van der Waals surface area contributed by atoms with Gasteiger partial charge in [-0.15, -0.1) is 5.10 Å². The first-order valence-corrected chi connectivity index (χ1v) is 16.4. The Bertz CT molecular complexity index is 1650. The molecular formula is C34H37IN4O6. The summed E-state index contributed by atoms with van der Waals surface area (Å²) in [7, 11) is 3.37. The van der Waals surface area contributed by atoms with Crippen molar-refractivity contribution in [1.82, 2.24) is 15.1 Å². The summed E-state index contributed by atoms with van der Waals surface area (Å²) in [4.78, 5) is 2.35. The van der Waals surface area contributed by atoms with Crippen molar-refractivity contribution in [3.63, 3.8) is 0 Å². The highest BCUT2D eigenvalue weighted by Gasteiger charge is 2.75. The molecule has 0 radical (unpaired) electrons. The van der Waals surface area contributed by atoms with Crippen molar-refractivity contribution in [3.8, 4) is 23.0 Å². The van der Waals surface area contributed by atoms with Crippen LogP contribution in [0.3, 0.4) is 0 Å². The molecule has 11 heteroatoms. The smallest absolute Gasteiger partial charge is 0.312 e. The number of nitrogens with zero attached hydrogens (tertiary/aromatic N) is 3. The first-order valence-electron chi connectivity index (χ1n) is 15.2. The van der Waals surface area contributed by atoms with Crippen molar-refractivity contribution >= 4 is 28.6 Å². The van der Waals surface area contributed by atoms with Crippen LogP contribution < -0.4 is 24.7 Å². The molecule has 0 spiro atoms. The summed E-state index contributed by atoms with van der Waals surface area (Å²) in [5.74, 6) is 2.94. The minimum absolute atomic E-state index is 0.0406. The number of methoxy groups -OCH3 is 2. The van der Waals surface area contributed by atoms with Gasteiger partial charge in [0.15, 0.2) is 5.60 Å². The molecule has 3 aliphatic rings. The van der Waals surface area contributed by atoms with Crippen LogP contribution in [0.25, 0.3) is 0 Å². The van der Waals surface area contributed by atoms with E-state index >= 15 is 0 Å². The molecule has 1 aliphatic carbocycles. The van der Waals surface area contributed by atoms with Gasteiger partial charge in [0.05, 0.1) is 38.8 Å². The molecule has 0 amide bonds. The number of fused-ring (bicyclic) bond motifs is 3. The van der Waals surface area contributed by atoms with Gasteiger partial charge in [0.2, 0.25) is 5.89 Å². The molecule has 2 N–H and O–H groups in total. The van der Waals surface area contributed by atoms with Gasteiger partial charge in [-0.05, 0) is 30.2 Å². The van der Waals surface area contributed by atoms with Crippen molar-refractivity contribution in [2.24, 2.45) is 0 Å². The molecule has 236 valence electrons. The first-order chi connectivity index (χ1) is 21.9. The molecule has 1 saturated heterocycles. The van der Waals surface area contributed by atoms with Crippen molar-refractivity contribution in [2.45, 2.75) is 33.7 Å². The highest BCUT2D eigenvalue weighted by molar-refractivity contribution is 14.1. The van der Waals surface area contributed by atoms with Gasteiger partial charge < -0.3 is 33.8 Å². The number of hydrogen-bond acceptors (Lipinski definition) is 10. The molecular weight excluding hydrogens is 687 g/mol. The van der Waals surface area contributed by atoms with E-state index < -0.39 is 11.0 Å². The van der Waals surface area contributed by atoms with Gasteiger partial charge in [-0.1, -0.05) is 70.2 Å². The number of alkyl halides is 1. The number of benzene rings is 3. The Morgan fingerprint density at radius 1 is 0.978 bits per heavy atom. The van der Waals surface area contributed by atoms with Gasteiger partial charge in [-0.3, -0.25) is 4.90 Å². The topological polar surface area (TPSA) is 114 Å². The van der Waals surface area contributed by atoms with Gasteiger partial charge in [-0.25, -0.2) is 0 Å². The number of morpholine rings is 1. The van der Waals surface area contributed by atoms with E-state index in [0.29, 0.717) is 24.0 Å². The highest BCUT2D eigenvalue weighted by atomic mass is 127. The maximum absolute atomic E-state index is 7.40. The fraction of sp³-hybridized carbons (Fsp3) is 0.412. The molecule has 2 fully saturated rings. The third-order valence-electron chi connectivity index (χ3n) is 9.68. The molecule has 7 rings (SSSR count). The SMILES string of the molecule is COc1ccc([C@@]23Oc4cc(OCCN5CCOCC5)cc(OC)c4[C@]2(C)[C@H](I)[C@H](c2nnc(N)o2)[C@H]3c2ccccc2)cc1. The second-order valence-corrected chi connectivity index (χ2v) is 13.2. The van der Waals surface area contributed by atoms with Gasteiger partial charge in [0.25, 0.3) is 0 Å². The molecule has 10 nitrogen and oxygen atoms in total. The maximum atomic E-state index is 7.40. The quantitative estimate of drug-likeness (QED) is 0.180. The van der Waals surface area contributed by atoms with Crippen LogP contribution in [0.5, 0.6) is 23.0 Å². The van der Waals surface area contributed by atoms with Crippen molar-refractivity contribution < 1.29 is 28.1 Å². The average molecular weight is 725 g/mol. The Hall–Kier alpha value is -3.55. The molecule has 0 unspecified atom stereocenters. The number of rotatable bonds is 9. The zero-order valence-corrected chi connectivity index (χ0v) is 27.7. The molecule has 5 atom stereocenters. The van der Waals surface area contributed by atoms with Crippen LogP contribution in [-0.2, 0) is 15.8 Å². The van der Waals surface area contributed by atoms with Crippen LogP contribution >= 0.6 is 22.6 Å². The van der Waals surface area contributed by atoms with Crippen LogP contribution in [-0.4, -0.2) is 72.7 Å². The van der Waals surface area contributed by atoms with Crippen molar-refractivity contribution in [1.29, 1.82) is 0 Å².